The van der Waals surface area contributed by atoms with Gasteiger partial charge in [-0.25, -0.2) is 10.3 Å². The fourth-order valence-electron chi connectivity index (χ4n) is 3.35. The molecule has 3 N–H and O–H groups in total. The topological polar surface area (TPSA) is 102 Å². The van der Waals surface area contributed by atoms with Crippen molar-refractivity contribution in [1.29, 1.82) is 0 Å². The van der Waals surface area contributed by atoms with E-state index in [4.69, 9.17) is 5.21 Å². The maximum Gasteiger partial charge on any atom is 0.321 e. The molecular weight excluding hydrogens is 392 g/mol. The van der Waals surface area contributed by atoms with Gasteiger partial charge in [-0.1, -0.05) is 18.2 Å². The fraction of sp³-hybridized carbons (Fsp3) is 0.350. The van der Waals surface area contributed by atoms with Gasteiger partial charge in [0.15, 0.2) is 0 Å². The Morgan fingerprint density at radius 1 is 1.21 bits per heavy atom. The van der Waals surface area contributed by atoms with Gasteiger partial charge in [0, 0.05) is 18.8 Å². The third kappa shape index (κ3) is 5.55. The van der Waals surface area contributed by atoms with E-state index in [1.807, 2.05) is 35.0 Å². The Kier molecular flexibility index (Phi) is 7.20. The first-order chi connectivity index (χ1) is 14.1. The molecule has 2 heterocycles. The highest BCUT2D eigenvalue weighted by atomic mass is 32.1. The molecule has 1 saturated heterocycles. The van der Waals surface area contributed by atoms with Crippen LogP contribution in [0.15, 0.2) is 47.2 Å². The number of benzene rings is 1. The second-order valence-corrected chi connectivity index (χ2v) is 7.61. The summed E-state index contributed by atoms with van der Waals surface area (Å²) in [6.07, 6.45) is 1.86. The van der Waals surface area contributed by atoms with Gasteiger partial charge in [0.05, 0.1) is 0 Å². The van der Waals surface area contributed by atoms with Gasteiger partial charge in [0.1, 0.15) is 12.6 Å². The van der Waals surface area contributed by atoms with E-state index in [1.165, 1.54) is 9.80 Å². The smallest absolute Gasteiger partial charge is 0.321 e. The van der Waals surface area contributed by atoms with E-state index in [2.05, 4.69) is 5.32 Å². The van der Waals surface area contributed by atoms with Crippen LogP contribution in [0, 0.1) is 0 Å². The third-order valence-corrected chi connectivity index (χ3v) is 5.55. The molecule has 1 aromatic carbocycles. The van der Waals surface area contributed by atoms with Gasteiger partial charge in [-0.05, 0) is 53.8 Å². The summed E-state index contributed by atoms with van der Waals surface area (Å²) >= 11 is 1.56. The summed E-state index contributed by atoms with van der Waals surface area (Å²) in [6, 6.07) is 10.1. The van der Waals surface area contributed by atoms with Crippen LogP contribution in [0.2, 0.25) is 0 Å². The van der Waals surface area contributed by atoms with Crippen molar-refractivity contribution in [3.05, 3.63) is 52.7 Å². The van der Waals surface area contributed by atoms with Crippen LogP contribution in [0.25, 0.3) is 0 Å². The molecule has 4 amide bonds. The van der Waals surface area contributed by atoms with Crippen molar-refractivity contribution < 1.29 is 19.6 Å². The molecule has 2 aromatic rings. The Bertz CT molecular complexity index is 828. The number of hydroxylamine groups is 1. The Hall–Kier alpha value is -2.91. The summed E-state index contributed by atoms with van der Waals surface area (Å²) in [7, 11) is 0. The van der Waals surface area contributed by atoms with Crippen molar-refractivity contribution in [2.45, 2.75) is 25.3 Å². The summed E-state index contributed by atoms with van der Waals surface area (Å²) in [5.74, 6) is -0.917. The van der Waals surface area contributed by atoms with E-state index in [1.54, 1.807) is 28.9 Å². The van der Waals surface area contributed by atoms with Crippen LogP contribution in [0.4, 0.5) is 10.5 Å². The predicted octanol–water partition coefficient (Wildman–Crippen LogP) is 2.32. The standard InChI is InChI=1S/C20H24N4O4S/c25-18(22-28)13-23(11-8-15-9-12-29-14-15)20(27)24-10-4-7-17(24)19(26)21-16-5-2-1-3-6-16/h1-3,5-6,9,12,14,17,28H,4,7-8,10-11,13H2,(H,21,26)(H,22,25)/t17-/m0/s1. The van der Waals surface area contributed by atoms with Crippen molar-refractivity contribution in [3.63, 3.8) is 0 Å². The first kappa shape index (κ1) is 20.8. The molecule has 3 rings (SSSR count). The van der Waals surface area contributed by atoms with E-state index >= 15 is 0 Å². The van der Waals surface area contributed by atoms with Crippen molar-refractivity contribution >= 4 is 34.9 Å². The average molecular weight is 417 g/mol. The first-order valence-electron chi connectivity index (χ1n) is 9.44. The fourth-order valence-corrected chi connectivity index (χ4v) is 4.05. The molecule has 0 bridgehead atoms. The van der Waals surface area contributed by atoms with E-state index in [0.717, 1.165) is 5.56 Å². The van der Waals surface area contributed by atoms with Crippen LogP contribution in [0.1, 0.15) is 18.4 Å². The highest BCUT2D eigenvalue weighted by molar-refractivity contribution is 7.07. The number of nitrogens with zero attached hydrogens (tertiary/aromatic N) is 2. The summed E-state index contributed by atoms with van der Waals surface area (Å²) < 4.78 is 0. The monoisotopic (exact) mass is 416 g/mol. The Labute approximate surface area is 173 Å². The van der Waals surface area contributed by atoms with E-state index < -0.39 is 11.9 Å². The number of amides is 4. The minimum atomic E-state index is -0.673. The Balaban J connectivity index is 1.68. The summed E-state index contributed by atoms with van der Waals surface area (Å²) in [5.41, 5.74) is 3.31. The molecular formula is C20H24N4O4S. The lowest BCUT2D eigenvalue weighted by Crippen LogP contribution is -2.52. The highest BCUT2D eigenvalue weighted by Crippen LogP contribution is 2.21. The molecule has 0 radical (unpaired) electrons. The second kappa shape index (κ2) is 10.0. The van der Waals surface area contributed by atoms with Gasteiger partial charge >= 0.3 is 6.03 Å². The minimum Gasteiger partial charge on any atom is -0.324 e. The number of thiophene rings is 1. The largest absolute Gasteiger partial charge is 0.324 e. The third-order valence-electron chi connectivity index (χ3n) is 4.82. The number of carbonyl (C=O) groups excluding carboxylic acids is 3. The zero-order chi connectivity index (χ0) is 20.6. The SMILES string of the molecule is O=C(CN(CCc1ccsc1)C(=O)N1CCC[C@H]1C(=O)Nc1ccccc1)NO. The number of hydrogen-bond donors (Lipinski definition) is 3. The molecule has 0 saturated carbocycles. The van der Waals surface area contributed by atoms with Crippen molar-refractivity contribution in [2.75, 3.05) is 25.0 Å². The van der Waals surface area contributed by atoms with Crippen LogP contribution >= 0.6 is 11.3 Å². The average Bonchev–Trinajstić information content (AvgIpc) is 3.43. The number of anilines is 1. The predicted molar refractivity (Wildman–Crippen MR) is 110 cm³/mol. The van der Waals surface area contributed by atoms with E-state index in [9.17, 15) is 14.4 Å². The normalized spacial score (nSPS) is 15.8. The molecule has 29 heavy (non-hydrogen) atoms. The lowest BCUT2D eigenvalue weighted by atomic mass is 10.2. The maximum absolute atomic E-state index is 13.1. The molecule has 154 valence electrons. The maximum atomic E-state index is 13.1. The van der Waals surface area contributed by atoms with Gasteiger partial charge in [-0.15, -0.1) is 0 Å². The molecule has 0 unspecified atom stereocenters. The summed E-state index contributed by atoms with van der Waals surface area (Å²) in [5, 5.41) is 15.7. The number of carbonyl (C=O) groups is 3. The number of urea groups is 1. The number of rotatable bonds is 7. The van der Waals surface area contributed by atoms with Crippen molar-refractivity contribution in [3.8, 4) is 0 Å². The first-order valence-corrected chi connectivity index (χ1v) is 10.4. The van der Waals surface area contributed by atoms with E-state index in [0.29, 0.717) is 38.0 Å². The molecule has 1 aliphatic rings. The van der Waals surface area contributed by atoms with Crippen LogP contribution in [-0.2, 0) is 16.0 Å². The number of nitrogens with one attached hydrogen (secondary N) is 2. The molecule has 1 atom stereocenters. The van der Waals surface area contributed by atoms with Crippen LogP contribution in [0.5, 0.6) is 0 Å². The van der Waals surface area contributed by atoms with Gasteiger partial charge in [0.25, 0.3) is 5.91 Å². The molecule has 1 aliphatic heterocycles. The molecule has 1 aromatic heterocycles. The van der Waals surface area contributed by atoms with Gasteiger partial charge in [-0.3, -0.25) is 14.8 Å². The lowest BCUT2D eigenvalue weighted by molar-refractivity contribution is -0.129. The molecule has 1 fully saturated rings. The zero-order valence-electron chi connectivity index (χ0n) is 15.9. The summed E-state index contributed by atoms with van der Waals surface area (Å²) in [4.78, 5) is 40.5. The number of hydrogen-bond acceptors (Lipinski definition) is 5. The zero-order valence-corrected chi connectivity index (χ0v) is 16.7. The van der Waals surface area contributed by atoms with Crippen molar-refractivity contribution in [2.24, 2.45) is 0 Å². The lowest BCUT2D eigenvalue weighted by Gasteiger charge is -2.31. The number of likely N-dealkylation sites (tertiary alicyclic amines) is 1. The quantitative estimate of drug-likeness (QED) is 0.476. The van der Waals surface area contributed by atoms with Crippen LogP contribution in [-0.4, -0.2) is 58.5 Å². The minimum absolute atomic E-state index is 0.244. The highest BCUT2D eigenvalue weighted by Gasteiger charge is 2.36. The Morgan fingerprint density at radius 3 is 2.69 bits per heavy atom. The Morgan fingerprint density at radius 2 is 2.00 bits per heavy atom. The summed E-state index contributed by atoms with van der Waals surface area (Å²) in [6.45, 7) is 0.483. The number of para-hydroxylation sites is 1. The van der Waals surface area contributed by atoms with E-state index in [-0.39, 0.29) is 18.5 Å². The van der Waals surface area contributed by atoms with Gasteiger partial charge in [0.2, 0.25) is 5.91 Å². The molecule has 0 aliphatic carbocycles. The van der Waals surface area contributed by atoms with Gasteiger partial charge < -0.3 is 15.1 Å². The van der Waals surface area contributed by atoms with Crippen LogP contribution in [0.3, 0.4) is 0 Å². The van der Waals surface area contributed by atoms with Crippen LogP contribution < -0.4 is 10.8 Å². The second-order valence-electron chi connectivity index (χ2n) is 6.83. The molecule has 9 heteroatoms. The molecule has 0 spiro atoms. The van der Waals surface area contributed by atoms with Crippen molar-refractivity contribution in [1.82, 2.24) is 15.3 Å². The molecule has 8 nitrogen and oxygen atoms in total. The van der Waals surface area contributed by atoms with Gasteiger partial charge in [-0.2, -0.15) is 11.3 Å².